The quantitative estimate of drug-likeness (QED) is 0.838. The minimum Gasteiger partial charge on any atom is -0.484 e. The van der Waals surface area contributed by atoms with Crippen LogP contribution in [0, 0.1) is 13.8 Å². The fourth-order valence-corrected chi connectivity index (χ4v) is 1.80. The largest absolute Gasteiger partial charge is 0.484 e. The highest BCUT2D eigenvalue weighted by atomic mass is 16.5. The molecular formula is C14H17N3O3. The van der Waals surface area contributed by atoms with Crippen LogP contribution in [-0.2, 0) is 11.3 Å². The van der Waals surface area contributed by atoms with Crippen molar-refractivity contribution in [3.05, 3.63) is 41.3 Å². The van der Waals surface area contributed by atoms with Crippen LogP contribution >= 0.6 is 0 Å². The van der Waals surface area contributed by atoms with Crippen molar-refractivity contribution in [1.82, 2.24) is 5.16 Å². The van der Waals surface area contributed by atoms with Crippen molar-refractivity contribution in [2.24, 2.45) is 5.73 Å². The molecule has 0 atom stereocenters. The maximum Gasteiger partial charge on any atom is 0.255 e. The molecule has 0 unspecified atom stereocenters. The summed E-state index contributed by atoms with van der Waals surface area (Å²) in [5.74, 6) is 0.891. The number of carbonyl (C=O) groups excluding carboxylic acids is 1. The Hall–Kier alpha value is -2.50. The molecule has 1 aromatic heterocycles. The van der Waals surface area contributed by atoms with Crippen molar-refractivity contribution >= 4 is 11.6 Å². The molecule has 0 spiro atoms. The lowest BCUT2D eigenvalue weighted by molar-refractivity contribution is -0.119. The second kappa shape index (κ2) is 6.10. The molecule has 0 bridgehead atoms. The summed E-state index contributed by atoms with van der Waals surface area (Å²) in [5.41, 5.74) is 7.83. The number of primary amides is 1. The molecule has 1 amide bonds. The molecule has 0 saturated carbocycles. The Bertz CT molecular complexity index is 588. The molecule has 0 saturated heterocycles. The number of aromatic nitrogens is 1. The van der Waals surface area contributed by atoms with Crippen molar-refractivity contribution in [1.29, 1.82) is 0 Å². The molecular weight excluding hydrogens is 258 g/mol. The number of anilines is 1. The highest BCUT2D eigenvalue weighted by Gasteiger charge is 2.08. The Balaban J connectivity index is 1.99. The lowest BCUT2D eigenvalue weighted by Crippen LogP contribution is -2.20. The monoisotopic (exact) mass is 275 g/mol. The summed E-state index contributed by atoms with van der Waals surface area (Å²) in [4.78, 5) is 10.7. The molecule has 20 heavy (non-hydrogen) atoms. The molecule has 0 fully saturated rings. The van der Waals surface area contributed by atoms with E-state index in [4.69, 9.17) is 15.0 Å². The second-order valence-corrected chi connectivity index (χ2v) is 4.44. The maximum atomic E-state index is 10.7. The fraction of sp³-hybridized carbons (Fsp3) is 0.286. The Kier molecular flexibility index (Phi) is 4.24. The number of aryl methyl sites for hydroxylation is 2. The van der Waals surface area contributed by atoms with Crippen molar-refractivity contribution in [2.75, 3.05) is 11.9 Å². The number of nitrogens with zero attached hydrogens (tertiary/aromatic N) is 1. The smallest absolute Gasteiger partial charge is 0.255 e. The van der Waals surface area contributed by atoms with Crippen LogP contribution in [0.1, 0.15) is 17.0 Å². The van der Waals surface area contributed by atoms with Gasteiger partial charge in [-0.3, -0.25) is 4.79 Å². The number of hydrogen-bond donors (Lipinski definition) is 2. The van der Waals surface area contributed by atoms with Gasteiger partial charge in [-0.25, -0.2) is 0 Å². The molecule has 0 aliphatic carbocycles. The van der Waals surface area contributed by atoms with Gasteiger partial charge < -0.3 is 20.3 Å². The first-order valence-corrected chi connectivity index (χ1v) is 6.23. The van der Waals surface area contributed by atoms with Crippen molar-refractivity contribution in [2.45, 2.75) is 20.4 Å². The summed E-state index contributed by atoms with van der Waals surface area (Å²) in [7, 11) is 0. The molecule has 1 aromatic carbocycles. The third kappa shape index (κ3) is 3.50. The second-order valence-electron chi connectivity index (χ2n) is 4.44. The van der Waals surface area contributed by atoms with E-state index < -0.39 is 5.91 Å². The fourth-order valence-electron chi connectivity index (χ4n) is 1.80. The molecule has 2 rings (SSSR count). The van der Waals surface area contributed by atoms with E-state index in [0.29, 0.717) is 12.3 Å². The number of nitrogens with two attached hydrogens (primary N) is 1. The Labute approximate surface area is 116 Å². The van der Waals surface area contributed by atoms with Gasteiger partial charge in [-0.2, -0.15) is 0 Å². The number of ether oxygens (including phenoxy) is 1. The number of benzene rings is 1. The van der Waals surface area contributed by atoms with Crippen LogP contribution < -0.4 is 15.8 Å². The third-order valence-corrected chi connectivity index (χ3v) is 2.87. The summed E-state index contributed by atoms with van der Waals surface area (Å²) in [5, 5.41) is 7.16. The van der Waals surface area contributed by atoms with E-state index in [1.54, 1.807) is 12.1 Å². The first-order valence-electron chi connectivity index (χ1n) is 6.23. The van der Waals surface area contributed by atoms with Gasteiger partial charge in [0, 0.05) is 23.9 Å². The highest BCUT2D eigenvalue weighted by Crippen LogP contribution is 2.19. The van der Waals surface area contributed by atoms with Crippen LogP contribution in [0.4, 0.5) is 5.69 Å². The minimum absolute atomic E-state index is 0.132. The first kappa shape index (κ1) is 13.9. The lowest BCUT2D eigenvalue weighted by Gasteiger charge is -2.09. The molecule has 1 heterocycles. The van der Waals surface area contributed by atoms with Crippen LogP contribution in [0.15, 0.2) is 28.8 Å². The predicted octanol–water partition coefficient (Wildman–Crippen LogP) is 1.77. The number of carbonyl (C=O) groups is 1. The number of amides is 1. The van der Waals surface area contributed by atoms with E-state index in [9.17, 15) is 4.79 Å². The molecule has 3 N–H and O–H groups in total. The van der Waals surface area contributed by atoms with Crippen LogP contribution in [0.3, 0.4) is 0 Å². The summed E-state index contributed by atoms with van der Waals surface area (Å²) in [6.07, 6.45) is 0. The van der Waals surface area contributed by atoms with E-state index in [1.807, 2.05) is 26.0 Å². The molecule has 0 aliphatic rings. The molecule has 6 heteroatoms. The zero-order valence-corrected chi connectivity index (χ0v) is 11.5. The van der Waals surface area contributed by atoms with Gasteiger partial charge in [-0.1, -0.05) is 11.2 Å². The predicted molar refractivity (Wildman–Crippen MR) is 74.4 cm³/mol. The van der Waals surface area contributed by atoms with Gasteiger partial charge in [0.15, 0.2) is 6.61 Å². The molecule has 0 aliphatic heterocycles. The van der Waals surface area contributed by atoms with Gasteiger partial charge in [0.2, 0.25) is 0 Å². The topological polar surface area (TPSA) is 90.4 Å². The van der Waals surface area contributed by atoms with E-state index in [-0.39, 0.29) is 6.61 Å². The van der Waals surface area contributed by atoms with Gasteiger partial charge >= 0.3 is 0 Å². The summed E-state index contributed by atoms with van der Waals surface area (Å²) in [6.45, 7) is 4.26. The standard InChI is InChI=1S/C14H17N3O3/c1-9-13(10(2)20-17-9)7-16-11-4-3-5-12(6-11)19-8-14(15)18/h3-6,16H,7-8H2,1-2H3,(H2,15,18). The molecule has 6 nitrogen and oxygen atoms in total. The van der Waals surface area contributed by atoms with Crippen LogP contribution in [0.2, 0.25) is 0 Å². The van der Waals surface area contributed by atoms with Gasteiger partial charge in [0.25, 0.3) is 5.91 Å². The van der Waals surface area contributed by atoms with Gasteiger partial charge in [0.05, 0.1) is 5.69 Å². The Morgan fingerprint density at radius 3 is 2.90 bits per heavy atom. The van der Waals surface area contributed by atoms with E-state index in [1.165, 1.54) is 0 Å². The zero-order chi connectivity index (χ0) is 14.5. The van der Waals surface area contributed by atoms with E-state index in [0.717, 1.165) is 22.7 Å². The highest BCUT2D eigenvalue weighted by molar-refractivity contribution is 5.75. The lowest BCUT2D eigenvalue weighted by atomic mass is 10.2. The average molecular weight is 275 g/mol. The summed E-state index contributed by atoms with van der Waals surface area (Å²) in [6, 6.07) is 7.33. The summed E-state index contributed by atoms with van der Waals surface area (Å²) < 4.78 is 10.4. The van der Waals surface area contributed by atoms with E-state index in [2.05, 4.69) is 10.5 Å². The molecule has 106 valence electrons. The van der Waals surface area contributed by atoms with Crippen molar-refractivity contribution in [3.63, 3.8) is 0 Å². The van der Waals surface area contributed by atoms with Crippen LogP contribution in [-0.4, -0.2) is 17.7 Å². The van der Waals surface area contributed by atoms with Crippen LogP contribution in [0.25, 0.3) is 0 Å². The Morgan fingerprint density at radius 1 is 1.45 bits per heavy atom. The SMILES string of the molecule is Cc1noc(C)c1CNc1cccc(OCC(N)=O)c1. The zero-order valence-electron chi connectivity index (χ0n) is 11.5. The third-order valence-electron chi connectivity index (χ3n) is 2.87. The molecule has 0 radical (unpaired) electrons. The summed E-state index contributed by atoms with van der Waals surface area (Å²) >= 11 is 0. The minimum atomic E-state index is -0.501. The Morgan fingerprint density at radius 2 is 2.25 bits per heavy atom. The van der Waals surface area contributed by atoms with Crippen LogP contribution in [0.5, 0.6) is 5.75 Å². The number of nitrogens with one attached hydrogen (secondary N) is 1. The van der Waals surface area contributed by atoms with Crippen molar-refractivity contribution in [3.8, 4) is 5.75 Å². The normalized spacial score (nSPS) is 10.3. The first-order chi connectivity index (χ1) is 9.56. The van der Waals surface area contributed by atoms with Gasteiger partial charge in [-0.15, -0.1) is 0 Å². The number of hydrogen-bond acceptors (Lipinski definition) is 5. The van der Waals surface area contributed by atoms with Gasteiger partial charge in [0.1, 0.15) is 11.5 Å². The maximum absolute atomic E-state index is 10.7. The molecule has 2 aromatic rings. The van der Waals surface area contributed by atoms with E-state index >= 15 is 0 Å². The average Bonchev–Trinajstić information content (AvgIpc) is 2.74. The van der Waals surface area contributed by atoms with Crippen molar-refractivity contribution < 1.29 is 14.1 Å². The van der Waals surface area contributed by atoms with Gasteiger partial charge in [-0.05, 0) is 26.0 Å². The number of rotatable bonds is 6.